The predicted molar refractivity (Wildman–Crippen MR) is 120 cm³/mol. The average Bonchev–Trinajstić information content (AvgIpc) is 3.22. The lowest BCUT2D eigenvalue weighted by atomic mass is 9.95. The van der Waals surface area contributed by atoms with Crippen molar-refractivity contribution in [3.63, 3.8) is 0 Å². The number of nitrogen functional groups attached to an aromatic ring is 1. The van der Waals surface area contributed by atoms with Gasteiger partial charge in [-0.2, -0.15) is 0 Å². The van der Waals surface area contributed by atoms with Gasteiger partial charge in [0.25, 0.3) is 0 Å². The summed E-state index contributed by atoms with van der Waals surface area (Å²) >= 11 is 0. The number of hydrogen-bond acceptors (Lipinski definition) is 5. The third-order valence-corrected chi connectivity index (χ3v) is 5.98. The summed E-state index contributed by atoms with van der Waals surface area (Å²) in [5.74, 6) is 0.400. The number of para-hydroxylation sites is 1. The number of piperidine rings is 1. The first-order valence-corrected chi connectivity index (χ1v) is 10.6. The quantitative estimate of drug-likeness (QED) is 0.529. The zero-order valence-corrected chi connectivity index (χ0v) is 17.2. The Labute approximate surface area is 180 Å². The molecule has 4 aromatic rings. The normalized spacial score (nSPS) is 16.5. The molecule has 156 valence electrons. The van der Waals surface area contributed by atoms with E-state index in [-0.39, 0.29) is 17.9 Å². The van der Waals surface area contributed by atoms with E-state index >= 15 is 0 Å². The molecule has 31 heavy (non-hydrogen) atoms. The van der Waals surface area contributed by atoms with Gasteiger partial charge in [-0.15, -0.1) is 0 Å². The number of aromatic nitrogens is 4. The molecule has 7 heteroatoms. The first-order chi connectivity index (χ1) is 15.2. The van der Waals surface area contributed by atoms with Crippen molar-refractivity contribution >= 4 is 22.8 Å². The molecule has 0 aliphatic carbocycles. The second kappa shape index (κ2) is 8.18. The Hall–Kier alpha value is -3.74. The first kappa shape index (κ1) is 19.2. The number of benzene rings is 1. The van der Waals surface area contributed by atoms with Crippen LogP contribution in [0.15, 0.2) is 61.2 Å². The number of aromatic amines is 1. The van der Waals surface area contributed by atoms with Crippen LogP contribution in [0.4, 0.5) is 5.95 Å². The van der Waals surface area contributed by atoms with Crippen molar-refractivity contribution in [2.24, 2.45) is 0 Å². The van der Waals surface area contributed by atoms with E-state index in [9.17, 15) is 4.79 Å². The lowest BCUT2D eigenvalue weighted by molar-refractivity contribution is -0.134. The molecule has 7 nitrogen and oxygen atoms in total. The van der Waals surface area contributed by atoms with Crippen molar-refractivity contribution in [3.05, 3.63) is 72.3 Å². The van der Waals surface area contributed by atoms with Crippen LogP contribution in [0.3, 0.4) is 0 Å². The number of H-pyrrole nitrogens is 1. The SMILES string of the molecule is Nc1ncc(-c2ccc(C3CCCCN3C(=O)Cc3c[nH]c4ccccc34)cn2)cn1. The molecule has 1 fully saturated rings. The van der Waals surface area contributed by atoms with Gasteiger partial charge in [-0.1, -0.05) is 24.3 Å². The van der Waals surface area contributed by atoms with Gasteiger partial charge < -0.3 is 15.6 Å². The number of nitrogens with zero attached hydrogens (tertiary/aromatic N) is 4. The highest BCUT2D eigenvalue weighted by atomic mass is 16.2. The highest BCUT2D eigenvalue weighted by Crippen LogP contribution is 2.32. The van der Waals surface area contributed by atoms with Crippen molar-refractivity contribution in [2.75, 3.05) is 12.3 Å². The summed E-state index contributed by atoms with van der Waals surface area (Å²) in [6.07, 6.45) is 10.6. The molecule has 1 aromatic carbocycles. The minimum absolute atomic E-state index is 0.0515. The van der Waals surface area contributed by atoms with Gasteiger partial charge >= 0.3 is 0 Å². The summed E-state index contributed by atoms with van der Waals surface area (Å²) in [6.45, 7) is 0.777. The van der Waals surface area contributed by atoms with Crippen LogP contribution in [-0.4, -0.2) is 37.3 Å². The number of fused-ring (bicyclic) bond motifs is 1. The van der Waals surface area contributed by atoms with Gasteiger partial charge in [0.15, 0.2) is 0 Å². The molecule has 3 N–H and O–H groups in total. The summed E-state index contributed by atoms with van der Waals surface area (Å²) in [6, 6.07) is 12.2. The van der Waals surface area contributed by atoms with Crippen molar-refractivity contribution in [1.82, 2.24) is 24.8 Å². The molecule has 1 aliphatic heterocycles. The van der Waals surface area contributed by atoms with E-state index in [0.717, 1.165) is 59.1 Å². The molecule has 1 aliphatic rings. The van der Waals surface area contributed by atoms with Gasteiger partial charge in [-0.25, -0.2) is 9.97 Å². The number of pyridine rings is 1. The number of likely N-dealkylation sites (tertiary alicyclic amines) is 1. The summed E-state index contributed by atoms with van der Waals surface area (Å²) in [5.41, 5.74) is 10.3. The number of carbonyl (C=O) groups excluding carboxylic acids is 1. The van der Waals surface area contributed by atoms with Crippen molar-refractivity contribution in [1.29, 1.82) is 0 Å². The summed E-state index contributed by atoms with van der Waals surface area (Å²) in [5, 5.41) is 1.11. The van der Waals surface area contributed by atoms with Crippen LogP contribution < -0.4 is 5.73 Å². The van der Waals surface area contributed by atoms with E-state index in [0.29, 0.717) is 6.42 Å². The van der Waals surface area contributed by atoms with Crippen LogP contribution in [0.1, 0.15) is 36.4 Å². The Balaban J connectivity index is 1.36. The van der Waals surface area contributed by atoms with Crippen molar-refractivity contribution in [3.8, 4) is 11.3 Å². The molecule has 0 bridgehead atoms. The second-order valence-corrected chi connectivity index (χ2v) is 7.94. The number of nitrogens with two attached hydrogens (primary N) is 1. The van der Waals surface area contributed by atoms with E-state index < -0.39 is 0 Å². The standard InChI is InChI=1S/C24H24N6O/c25-24-28-14-18(15-29-24)20-9-8-16(12-26-20)22-7-3-4-10-30(22)23(31)11-17-13-27-21-6-2-1-5-19(17)21/h1-2,5-6,8-9,12-15,22,27H,3-4,7,10-11H2,(H2,25,28,29). The van der Waals surface area contributed by atoms with E-state index in [1.165, 1.54) is 0 Å². The largest absolute Gasteiger partial charge is 0.368 e. The summed E-state index contributed by atoms with van der Waals surface area (Å²) in [7, 11) is 0. The molecule has 3 aromatic heterocycles. The third-order valence-electron chi connectivity index (χ3n) is 5.98. The van der Waals surface area contributed by atoms with E-state index in [4.69, 9.17) is 5.73 Å². The fourth-order valence-electron chi connectivity index (χ4n) is 4.36. The molecule has 0 spiro atoms. The van der Waals surface area contributed by atoms with Crippen LogP contribution in [0.2, 0.25) is 0 Å². The van der Waals surface area contributed by atoms with Gasteiger partial charge in [0.2, 0.25) is 11.9 Å². The number of anilines is 1. The van der Waals surface area contributed by atoms with E-state index in [2.05, 4.69) is 32.1 Å². The molecule has 1 amide bonds. The Morgan fingerprint density at radius 1 is 1.06 bits per heavy atom. The predicted octanol–water partition coefficient (Wildman–Crippen LogP) is 3.90. The van der Waals surface area contributed by atoms with E-state index in [1.54, 1.807) is 12.4 Å². The van der Waals surface area contributed by atoms with Gasteiger partial charge in [0.1, 0.15) is 0 Å². The molecule has 1 saturated heterocycles. The molecular weight excluding hydrogens is 388 g/mol. The van der Waals surface area contributed by atoms with Crippen LogP contribution >= 0.6 is 0 Å². The monoisotopic (exact) mass is 412 g/mol. The number of nitrogens with one attached hydrogen (secondary N) is 1. The van der Waals surface area contributed by atoms with Gasteiger partial charge in [-0.05, 0) is 42.5 Å². The minimum atomic E-state index is 0.0515. The number of rotatable bonds is 4. The number of amides is 1. The fourth-order valence-corrected chi connectivity index (χ4v) is 4.36. The maximum Gasteiger partial charge on any atom is 0.227 e. The van der Waals surface area contributed by atoms with Crippen LogP contribution in [0.5, 0.6) is 0 Å². The molecule has 1 atom stereocenters. The number of hydrogen-bond donors (Lipinski definition) is 2. The van der Waals surface area contributed by atoms with Crippen LogP contribution in [0, 0.1) is 0 Å². The van der Waals surface area contributed by atoms with Gasteiger partial charge in [-0.3, -0.25) is 9.78 Å². The Bertz CT molecular complexity index is 1200. The average molecular weight is 412 g/mol. The first-order valence-electron chi connectivity index (χ1n) is 10.6. The fraction of sp³-hybridized carbons (Fsp3) is 0.250. The van der Waals surface area contributed by atoms with E-state index in [1.807, 2.05) is 41.6 Å². The minimum Gasteiger partial charge on any atom is -0.368 e. The lowest BCUT2D eigenvalue weighted by Gasteiger charge is -2.36. The molecule has 4 heterocycles. The van der Waals surface area contributed by atoms with Crippen LogP contribution in [-0.2, 0) is 11.2 Å². The smallest absolute Gasteiger partial charge is 0.227 e. The maximum absolute atomic E-state index is 13.3. The van der Waals surface area contributed by atoms with Crippen LogP contribution in [0.25, 0.3) is 22.2 Å². The highest BCUT2D eigenvalue weighted by Gasteiger charge is 2.28. The topological polar surface area (TPSA) is 101 Å². The third kappa shape index (κ3) is 3.86. The molecular formula is C24H24N6O. The zero-order chi connectivity index (χ0) is 21.2. The highest BCUT2D eigenvalue weighted by molar-refractivity contribution is 5.89. The summed E-state index contributed by atoms with van der Waals surface area (Å²) in [4.78, 5) is 31.2. The van der Waals surface area contributed by atoms with Crippen molar-refractivity contribution in [2.45, 2.75) is 31.7 Å². The Kier molecular flexibility index (Phi) is 5.08. The maximum atomic E-state index is 13.3. The van der Waals surface area contributed by atoms with Gasteiger partial charge in [0.05, 0.1) is 18.2 Å². The molecule has 0 radical (unpaired) electrons. The second-order valence-electron chi connectivity index (χ2n) is 7.94. The Morgan fingerprint density at radius 3 is 2.71 bits per heavy atom. The molecule has 5 rings (SSSR count). The van der Waals surface area contributed by atoms with Crippen molar-refractivity contribution < 1.29 is 4.79 Å². The Morgan fingerprint density at radius 2 is 1.90 bits per heavy atom. The summed E-state index contributed by atoms with van der Waals surface area (Å²) < 4.78 is 0. The zero-order valence-electron chi connectivity index (χ0n) is 17.2. The van der Waals surface area contributed by atoms with Gasteiger partial charge in [0, 0.05) is 47.8 Å². The number of carbonyl (C=O) groups is 1. The lowest BCUT2D eigenvalue weighted by Crippen LogP contribution is -2.39. The molecule has 0 saturated carbocycles. The molecule has 1 unspecified atom stereocenters.